The van der Waals surface area contributed by atoms with Crippen LogP contribution in [-0.4, -0.2) is 50.5 Å². The molecular weight excluding hydrogens is 1130 g/mol. The standard InChI is InChI=1S/C23H27N5.C23H25N5.2C9H13N.Pt/c2*1-22(2,3)19-12-17(25-27-19)16-11-14-9-7-8-10-15(14)21(24-16)18-13-20(28-26-18)23(4,5)6;2*1-9(2,3)8-4-6-10-7-5-8;/h7-13H,1-6H3,(H,25,27)(H,26,28);7-13H,1-6H3;2*4-7H,1-3H3;/q;-2;;;+2. The normalized spacial score (nSPS) is 12.2. The summed E-state index contributed by atoms with van der Waals surface area (Å²) in [5.41, 5.74) is 13.8. The van der Waals surface area contributed by atoms with Crippen molar-refractivity contribution in [1.29, 1.82) is 0 Å². The van der Waals surface area contributed by atoms with Crippen molar-refractivity contribution < 1.29 is 21.1 Å². The molecule has 8 aromatic heterocycles. The van der Waals surface area contributed by atoms with Crippen LogP contribution in [0.15, 0.2) is 134 Å². The predicted molar refractivity (Wildman–Crippen MR) is 312 cm³/mol. The summed E-state index contributed by atoms with van der Waals surface area (Å²) in [5.74, 6) is 0. The molecule has 10 rings (SSSR count). The van der Waals surface area contributed by atoms with Gasteiger partial charge < -0.3 is 20.4 Å². The number of pyridine rings is 4. The zero-order valence-corrected chi connectivity index (χ0v) is 50.8. The number of nitrogens with one attached hydrogen (secondary N) is 2. The van der Waals surface area contributed by atoms with E-state index in [9.17, 15) is 0 Å². The SMILES string of the molecule is CC(C)(C)c1cc(-c2cc3ccccc3c(-c3cc(C(C)(C)C)[nH]n3)n2)n[nH]1.CC(C)(C)c1cc(-c2cc3ccccc3c(-c3cc(C(C)(C)C)n[n-]3)n2)[n-]n1.CC(C)(C)c1ccncc1.CC(C)(C)c1ccncc1.[Pt+2]. The van der Waals surface area contributed by atoms with Crippen molar-refractivity contribution in [2.75, 3.05) is 0 Å². The molecule has 0 spiro atoms. The summed E-state index contributed by atoms with van der Waals surface area (Å²) in [6.07, 6.45) is 7.34. The molecule has 0 saturated carbocycles. The molecule has 2 aromatic carbocycles. The van der Waals surface area contributed by atoms with Gasteiger partial charge in [-0.2, -0.15) is 10.2 Å². The molecule has 0 amide bonds. The summed E-state index contributed by atoms with van der Waals surface area (Å²) < 4.78 is 0. The van der Waals surface area contributed by atoms with Gasteiger partial charge in [0.05, 0.1) is 22.8 Å². The number of aromatic nitrogens is 12. The Hall–Kier alpha value is -6.91. The molecule has 12 nitrogen and oxygen atoms in total. The number of benzene rings is 2. The Morgan fingerprint density at radius 2 is 0.753 bits per heavy atom. The summed E-state index contributed by atoms with van der Waals surface area (Å²) in [6, 6.07) is 37.1. The Kier molecular flexibility index (Phi) is 18.0. The number of H-pyrrole nitrogens is 2. The van der Waals surface area contributed by atoms with Crippen LogP contribution in [0.4, 0.5) is 0 Å². The molecule has 0 fully saturated rings. The molecule has 0 unspecified atom stereocenters. The van der Waals surface area contributed by atoms with Crippen LogP contribution in [0.1, 0.15) is 159 Å². The maximum Gasteiger partial charge on any atom is 2.00 e. The Morgan fingerprint density at radius 3 is 1.17 bits per heavy atom. The fourth-order valence-electron chi connectivity index (χ4n) is 7.98. The Bertz CT molecular complexity index is 3250. The van der Waals surface area contributed by atoms with Crippen LogP contribution in [-0.2, 0) is 53.6 Å². The van der Waals surface area contributed by atoms with Crippen LogP contribution < -0.4 is 10.2 Å². The zero-order valence-electron chi connectivity index (χ0n) is 48.5. The van der Waals surface area contributed by atoms with E-state index in [2.05, 4.69) is 248 Å². The topological polar surface area (TPSA) is 163 Å². The molecule has 2 N–H and O–H groups in total. The van der Waals surface area contributed by atoms with Crippen molar-refractivity contribution in [3.05, 3.63) is 168 Å². The van der Waals surface area contributed by atoms with Crippen molar-refractivity contribution in [3.63, 3.8) is 0 Å². The molecule has 77 heavy (non-hydrogen) atoms. The number of hydrogen-bond donors (Lipinski definition) is 2. The molecule has 0 bridgehead atoms. The first-order valence-electron chi connectivity index (χ1n) is 26.2. The van der Waals surface area contributed by atoms with E-state index in [1.165, 1.54) is 11.1 Å². The third-order valence-electron chi connectivity index (χ3n) is 13.0. The van der Waals surface area contributed by atoms with Gasteiger partial charge in [0.25, 0.3) is 0 Å². The largest absolute Gasteiger partial charge is 2.00 e. The second kappa shape index (κ2) is 23.4. The van der Waals surface area contributed by atoms with Gasteiger partial charge in [0.2, 0.25) is 0 Å². The Morgan fingerprint density at radius 1 is 0.364 bits per heavy atom. The first-order chi connectivity index (χ1) is 35.5. The molecule has 0 saturated heterocycles. The maximum absolute atomic E-state index is 4.97. The van der Waals surface area contributed by atoms with E-state index in [4.69, 9.17) is 9.97 Å². The van der Waals surface area contributed by atoms with E-state index >= 15 is 0 Å². The number of rotatable bonds is 4. The molecule has 0 aliphatic carbocycles. The monoisotopic (exact) mass is 1210 g/mol. The van der Waals surface area contributed by atoms with Gasteiger partial charge in [-0.3, -0.25) is 25.1 Å². The van der Waals surface area contributed by atoms with E-state index in [1.54, 1.807) is 0 Å². The molecule has 0 aliphatic heterocycles. The molecule has 0 atom stereocenters. The van der Waals surface area contributed by atoms with Gasteiger partial charge in [-0.15, -0.1) is 0 Å². The summed E-state index contributed by atoms with van der Waals surface area (Å²) in [6.45, 7) is 39.0. The van der Waals surface area contributed by atoms with Crippen LogP contribution >= 0.6 is 0 Å². The number of fused-ring (bicyclic) bond motifs is 2. The molecule has 0 radical (unpaired) electrons. The number of aromatic amines is 2. The molecule has 8 heterocycles. The fourth-order valence-corrected chi connectivity index (χ4v) is 7.98. The van der Waals surface area contributed by atoms with Crippen molar-refractivity contribution >= 4 is 21.5 Å². The average molecular weight is 1210 g/mol. The van der Waals surface area contributed by atoms with Crippen LogP contribution in [0, 0.1) is 0 Å². The molecule has 0 aliphatic rings. The summed E-state index contributed by atoms with van der Waals surface area (Å²) >= 11 is 0. The van der Waals surface area contributed by atoms with E-state index < -0.39 is 0 Å². The third kappa shape index (κ3) is 15.2. The van der Waals surface area contributed by atoms with Crippen LogP contribution in [0.5, 0.6) is 0 Å². The van der Waals surface area contributed by atoms with Gasteiger partial charge in [0.1, 0.15) is 11.4 Å². The Labute approximate surface area is 471 Å². The van der Waals surface area contributed by atoms with E-state index in [-0.39, 0.29) is 53.6 Å². The minimum Gasteiger partial charge on any atom is -0.573 e. The number of nitrogens with zero attached hydrogens (tertiary/aromatic N) is 10. The smallest absolute Gasteiger partial charge is 0.573 e. The maximum atomic E-state index is 4.97. The van der Waals surface area contributed by atoms with Crippen molar-refractivity contribution in [1.82, 2.24) is 60.7 Å². The average Bonchev–Trinajstić information content (AvgIpc) is 4.21. The molecule has 13 heteroatoms. The summed E-state index contributed by atoms with van der Waals surface area (Å²) in [4.78, 5) is 17.8. The van der Waals surface area contributed by atoms with Crippen LogP contribution in [0.25, 0.3) is 67.1 Å². The van der Waals surface area contributed by atoms with Crippen molar-refractivity contribution in [2.45, 2.75) is 157 Å². The van der Waals surface area contributed by atoms with Crippen LogP contribution in [0.3, 0.4) is 0 Å². The third-order valence-corrected chi connectivity index (χ3v) is 13.0. The van der Waals surface area contributed by atoms with Crippen molar-refractivity contribution in [3.8, 4) is 45.6 Å². The first-order valence-corrected chi connectivity index (χ1v) is 26.2. The van der Waals surface area contributed by atoms with Gasteiger partial charge in [0, 0.05) is 80.0 Å². The second-order valence-corrected chi connectivity index (χ2v) is 25.7. The van der Waals surface area contributed by atoms with Gasteiger partial charge >= 0.3 is 21.1 Å². The minimum atomic E-state index is -0.0581. The summed E-state index contributed by atoms with van der Waals surface area (Å²) in [5, 5.41) is 37.4. The predicted octanol–water partition coefficient (Wildman–Crippen LogP) is 15.2. The fraction of sp³-hybridized carbons (Fsp3) is 0.375. The second-order valence-electron chi connectivity index (χ2n) is 25.7. The zero-order chi connectivity index (χ0) is 55.4. The van der Waals surface area contributed by atoms with E-state index in [1.807, 2.05) is 61.2 Å². The molecule has 404 valence electrons. The van der Waals surface area contributed by atoms with Crippen molar-refractivity contribution in [2.24, 2.45) is 0 Å². The van der Waals surface area contributed by atoms with Gasteiger partial charge in [0.15, 0.2) is 0 Å². The first kappa shape index (κ1) is 59.3. The van der Waals surface area contributed by atoms with Gasteiger partial charge in [-0.1, -0.05) is 197 Å². The number of hydrogen-bond acceptors (Lipinski definition) is 8. The van der Waals surface area contributed by atoms with Gasteiger partial charge in [-0.05, 0) is 81.3 Å². The Balaban J connectivity index is 0.000000183. The van der Waals surface area contributed by atoms with E-state index in [0.29, 0.717) is 0 Å². The van der Waals surface area contributed by atoms with E-state index in [0.717, 1.165) is 89.9 Å². The summed E-state index contributed by atoms with van der Waals surface area (Å²) in [7, 11) is 0. The molecule has 10 aromatic rings. The minimum absolute atomic E-state index is 0. The quantitative estimate of drug-likeness (QED) is 0.173. The van der Waals surface area contributed by atoms with Crippen LogP contribution in [0.2, 0.25) is 0 Å². The molecular formula is C64H78N12Pt. The van der Waals surface area contributed by atoms with Gasteiger partial charge in [-0.25, -0.2) is 4.98 Å².